The van der Waals surface area contributed by atoms with Crippen LogP contribution in [-0.4, -0.2) is 37.6 Å². The van der Waals surface area contributed by atoms with E-state index in [0.29, 0.717) is 5.41 Å². The predicted octanol–water partition coefficient (Wildman–Crippen LogP) is 2.70. The number of carbonyl (C=O) groups is 1. The Labute approximate surface area is 106 Å². The molecule has 0 amide bonds. The monoisotopic (exact) mass is 241 g/mol. The van der Waals surface area contributed by atoms with Gasteiger partial charge in [0.05, 0.1) is 12.5 Å². The molecule has 0 saturated carbocycles. The molecule has 1 rings (SSSR count). The molecule has 0 unspecified atom stereocenters. The van der Waals surface area contributed by atoms with Crippen LogP contribution in [0.1, 0.15) is 47.0 Å². The fraction of sp³-hybridized carbons (Fsp3) is 0.929. The SMILES string of the molecule is CCC1(CC)CCN(CC(C)(C)C(=O)OC)C1. The van der Waals surface area contributed by atoms with Gasteiger partial charge in [0.15, 0.2) is 0 Å². The topological polar surface area (TPSA) is 29.5 Å². The van der Waals surface area contributed by atoms with E-state index in [1.165, 1.54) is 26.4 Å². The van der Waals surface area contributed by atoms with Crippen LogP contribution in [0, 0.1) is 10.8 Å². The second-order valence-electron chi connectivity index (χ2n) is 6.04. The number of hydrogen-bond donors (Lipinski definition) is 0. The summed E-state index contributed by atoms with van der Waals surface area (Å²) in [5.41, 5.74) is 0.0819. The van der Waals surface area contributed by atoms with Crippen LogP contribution in [-0.2, 0) is 9.53 Å². The first-order valence-electron chi connectivity index (χ1n) is 6.70. The molecule has 0 atom stereocenters. The molecule has 17 heavy (non-hydrogen) atoms. The van der Waals surface area contributed by atoms with Crippen LogP contribution in [0.2, 0.25) is 0 Å². The number of likely N-dealkylation sites (tertiary alicyclic amines) is 1. The highest BCUT2D eigenvalue weighted by Gasteiger charge is 2.39. The summed E-state index contributed by atoms with van der Waals surface area (Å²) in [6, 6.07) is 0. The summed E-state index contributed by atoms with van der Waals surface area (Å²) < 4.78 is 4.86. The van der Waals surface area contributed by atoms with Gasteiger partial charge in [0.2, 0.25) is 0 Å². The van der Waals surface area contributed by atoms with E-state index < -0.39 is 5.41 Å². The summed E-state index contributed by atoms with van der Waals surface area (Å²) >= 11 is 0. The number of nitrogens with zero attached hydrogens (tertiary/aromatic N) is 1. The van der Waals surface area contributed by atoms with Crippen molar-refractivity contribution in [1.82, 2.24) is 4.90 Å². The van der Waals surface area contributed by atoms with Crippen molar-refractivity contribution in [3.8, 4) is 0 Å². The largest absolute Gasteiger partial charge is 0.469 e. The van der Waals surface area contributed by atoms with E-state index in [4.69, 9.17) is 4.74 Å². The van der Waals surface area contributed by atoms with Crippen LogP contribution in [0.25, 0.3) is 0 Å². The molecule has 0 N–H and O–H groups in total. The number of esters is 1. The van der Waals surface area contributed by atoms with Gasteiger partial charge >= 0.3 is 5.97 Å². The van der Waals surface area contributed by atoms with E-state index in [1.54, 1.807) is 0 Å². The fourth-order valence-corrected chi connectivity index (χ4v) is 2.89. The molecule has 1 aliphatic heterocycles. The van der Waals surface area contributed by atoms with E-state index >= 15 is 0 Å². The summed E-state index contributed by atoms with van der Waals surface area (Å²) in [7, 11) is 1.47. The Bertz CT molecular complexity index is 269. The third kappa shape index (κ3) is 3.21. The van der Waals surface area contributed by atoms with Crippen molar-refractivity contribution < 1.29 is 9.53 Å². The summed E-state index contributed by atoms with van der Waals surface area (Å²) in [5, 5.41) is 0. The predicted molar refractivity (Wildman–Crippen MR) is 69.9 cm³/mol. The zero-order valence-corrected chi connectivity index (χ0v) is 12.0. The molecule has 0 aromatic carbocycles. The molecule has 0 radical (unpaired) electrons. The number of rotatable bonds is 5. The number of carbonyl (C=O) groups excluding carboxylic acids is 1. The standard InChI is InChI=1S/C14H27NO2/c1-6-14(7-2)8-9-15(11-14)10-13(3,4)12(16)17-5/h6-11H2,1-5H3. The average molecular weight is 241 g/mol. The van der Waals surface area contributed by atoms with Crippen molar-refractivity contribution in [2.75, 3.05) is 26.7 Å². The van der Waals surface area contributed by atoms with Gasteiger partial charge in [0.25, 0.3) is 0 Å². The summed E-state index contributed by atoms with van der Waals surface area (Å²) in [6.07, 6.45) is 3.73. The lowest BCUT2D eigenvalue weighted by atomic mass is 9.82. The van der Waals surface area contributed by atoms with Gasteiger partial charge in [-0.1, -0.05) is 13.8 Å². The van der Waals surface area contributed by atoms with Gasteiger partial charge in [-0.3, -0.25) is 4.79 Å². The molecule has 1 saturated heterocycles. The minimum absolute atomic E-state index is 0.108. The first-order chi connectivity index (χ1) is 7.89. The Kier molecular flexibility index (Phi) is 4.59. The molecule has 0 aliphatic carbocycles. The Morgan fingerprint density at radius 1 is 1.35 bits per heavy atom. The van der Waals surface area contributed by atoms with Crippen molar-refractivity contribution in [2.45, 2.75) is 47.0 Å². The van der Waals surface area contributed by atoms with Gasteiger partial charge in [0, 0.05) is 13.1 Å². The Morgan fingerprint density at radius 3 is 2.35 bits per heavy atom. The van der Waals surface area contributed by atoms with Gasteiger partial charge < -0.3 is 9.64 Å². The molecule has 1 heterocycles. The van der Waals surface area contributed by atoms with Crippen LogP contribution in [0.3, 0.4) is 0 Å². The van der Waals surface area contributed by atoms with E-state index in [-0.39, 0.29) is 5.97 Å². The maximum absolute atomic E-state index is 11.7. The van der Waals surface area contributed by atoms with E-state index in [0.717, 1.165) is 19.6 Å². The minimum Gasteiger partial charge on any atom is -0.469 e. The van der Waals surface area contributed by atoms with Gasteiger partial charge in [-0.05, 0) is 45.1 Å². The van der Waals surface area contributed by atoms with Gasteiger partial charge in [0.1, 0.15) is 0 Å². The number of hydrogen-bond acceptors (Lipinski definition) is 3. The molecule has 3 nitrogen and oxygen atoms in total. The molecule has 3 heteroatoms. The zero-order chi connectivity index (χ0) is 13.1. The maximum atomic E-state index is 11.7. The molecule has 0 spiro atoms. The number of ether oxygens (including phenoxy) is 1. The van der Waals surface area contributed by atoms with Crippen molar-refractivity contribution in [3.05, 3.63) is 0 Å². The summed E-state index contributed by atoms with van der Waals surface area (Å²) in [6.45, 7) is 11.5. The Morgan fingerprint density at radius 2 is 1.94 bits per heavy atom. The third-order valence-corrected chi connectivity index (χ3v) is 4.37. The summed E-state index contributed by atoms with van der Waals surface area (Å²) in [5.74, 6) is -0.108. The highest BCUT2D eigenvalue weighted by Crippen LogP contribution is 2.38. The third-order valence-electron chi connectivity index (χ3n) is 4.37. The first-order valence-corrected chi connectivity index (χ1v) is 6.70. The number of methoxy groups -OCH3 is 1. The smallest absolute Gasteiger partial charge is 0.312 e. The quantitative estimate of drug-likeness (QED) is 0.693. The highest BCUT2D eigenvalue weighted by atomic mass is 16.5. The van der Waals surface area contributed by atoms with Crippen molar-refractivity contribution in [1.29, 1.82) is 0 Å². The van der Waals surface area contributed by atoms with Gasteiger partial charge in [-0.15, -0.1) is 0 Å². The lowest BCUT2D eigenvalue weighted by Gasteiger charge is -2.30. The van der Waals surface area contributed by atoms with E-state index in [9.17, 15) is 4.79 Å². The van der Waals surface area contributed by atoms with Crippen molar-refractivity contribution >= 4 is 5.97 Å². The first kappa shape index (κ1) is 14.5. The van der Waals surface area contributed by atoms with Crippen LogP contribution in [0.4, 0.5) is 0 Å². The molecule has 0 aromatic heterocycles. The lowest BCUT2D eigenvalue weighted by molar-refractivity contribution is -0.151. The van der Waals surface area contributed by atoms with Crippen LogP contribution in [0.15, 0.2) is 0 Å². The second-order valence-corrected chi connectivity index (χ2v) is 6.04. The fourth-order valence-electron chi connectivity index (χ4n) is 2.89. The normalized spacial score (nSPS) is 20.5. The van der Waals surface area contributed by atoms with Gasteiger partial charge in [-0.25, -0.2) is 0 Å². The minimum atomic E-state index is -0.397. The Balaban J connectivity index is 2.58. The lowest BCUT2D eigenvalue weighted by Crippen LogP contribution is -2.39. The van der Waals surface area contributed by atoms with Crippen molar-refractivity contribution in [2.24, 2.45) is 10.8 Å². The Hall–Kier alpha value is -0.570. The van der Waals surface area contributed by atoms with Crippen LogP contribution in [0.5, 0.6) is 0 Å². The molecule has 1 fully saturated rings. The van der Waals surface area contributed by atoms with Crippen molar-refractivity contribution in [3.63, 3.8) is 0 Å². The summed E-state index contributed by atoms with van der Waals surface area (Å²) in [4.78, 5) is 14.1. The van der Waals surface area contributed by atoms with Crippen LogP contribution < -0.4 is 0 Å². The second kappa shape index (κ2) is 5.38. The molecule has 1 aliphatic rings. The molecule has 0 aromatic rings. The molecular formula is C14H27NO2. The van der Waals surface area contributed by atoms with Crippen LogP contribution >= 0.6 is 0 Å². The zero-order valence-electron chi connectivity index (χ0n) is 12.0. The molecule has 100 valence electrons. The van der Waals surface area contributed by atoms with E-state index in [2.05, 4.69) is 18.7 Å². The average Bonchev–Trinajstić information content (AvgIpc) is 2.71. The molecular weight excluding hydrogens is 214 g/mol. The maximum Gasteiger partial charge on any atom is 0.312 e. The highest BCUT2D eigenvalue weighted by molar-refractivity contribution is 5.76. The molecule has 0 bridgehead atoms. The van der Waals surface area contributed by atoms with Gasteiger partial charge in [-0.2, -0.15) is 0 Å². The van der Waals surface area contributed by atoms with E-state index in [1.807, 2.05) is 13.8 Å².